The lowest BCUT2D eigenvalue weighted by Crippen LogP contribution is -2.54. The minimum atomic E-state index is -0.654. The zero-order valence-corrected chi connectivity index (χ0v) is 12.1. The molecule has 106 valence electrons. The largest absolute Gasteiger partial charge is 0.350 e. The Balaban J connectivity index is 0.00000180. The fraction of sp³-hybridized carbons (Fsp3) is 0.571. The number of nitrogens with zero attached hydrogens (tertiary/aromatic N) is 1. The van der Waals surface area contributed by atoms with Gasteiger partial charge in [-0.15, -0.1) is 12.4 Å². The van der Waals surface area contributed by atoms with Crippen LogP contribution in [0.3, 0.4) is 0 Å². The summed E-state index contributed by atoms with van der Waals surface area (Å²) in [7, 11) is 0. The molecule has 2 rings (SSSR count). The molecular formula is C14H22ClN3O. The second-order valence-corrected chi connectivity index (χ2v) is 5.20. The molecule has 1 heterocycles. The summed E-state index contributed by atoms with van der Waals surface area (Å²) in [5.41, 5.74) is 7.71. The number of hydrogen-bond donors (Lipinski definition) is 2. The van der Waals surface area contributed by atoms with Crippen molar-refractivity contribution in [3.63, 3.8) is 0 Å². The molecule has 19 heavy (non-hydrogen) atoms. The van der Waals surface area contributed by atoms with Crippen LogP contribution in [0.5, 0.6) is 0 Å². The lowest BCUT2D eigenvalue weighted by Gasteiger charge is -2.31. The molecule has 1 amide bonds. The number of halogens is 1. The molecule has 0 saturated heterocycles. The molecule has 1 saturated carbocycles. The van der Waals surface area contributed by atoms with E-state index in [0.717, 1.165) is 36.8 Å². The van der Waals surface area contributed by atoms with Crippen LogP contribution >= 0.6 is 12.4 Å². The monoisotopic (exact) mass is 283 g/mol. The highest BCUT2D eigenvalue weighted by atomic mass is 35.5. The average Bonchev–Trinajstić information content (AvgIpc) is 2.38. The van der Waals surface area contributed by atoms with Gasteiger partial charge in [0.05, 0.1) is 5.54 Å². The molecule has 0 bridgehead atoms. The average molecular weight is 284 g/mol. The summed E-state index contributed by atoms with van der Waals surface area (Å²) < 4.78 is 0. The van der Waals surface area contributed by atoms with E-state index in [1.54, 1.807) is 12.4 Å². The van der Waals surface area contributed by atoms with Gasteiger partial charge >= 0.3 is 0 Å². The predicted octanol–water partition coefficient (Wildman–Crippen LogP) is 2.09. The van der Waals surface area contributed by atoms with E-state index >= 15 is 0 Å². The van der Waals surface area contributed by atoms with Crippen molar-refractivity contribution in [3.8, 4) is 0 Å². The first-order chi connectivity index (χ1) is 8.62. The van der Waals surface area contributed by atoms with E-state index < -0.39 is 5.54 Å². The lowest BCUT2D eigenvalue weighted by atomic mass is 9.82. The van der Waals surface area contributed by atoms with Crippen LogP contribution in [0, 0.1) is 6.92 Å². The topological polar surface area (TPSA) is 68.0 Å². The van der Waals surface area contributed by atoms with E-state index in [1.807, 2.05) is 13.0 Å². The van der Waals surface area contributed by atoms with Gasteiger partial charge in [-0.3, -0.25) is 9.78 Å². The van der Waals surface area contributed by atoms with Gasteiger partial charge in [0.2, 0.25) is 5.91 Å². The van der Waals surface area contributed by atoms with Crippen LogP contribution in [0.2, 0.25) is 0 Å². The highest BCUT2D eigenvalue weighted by Crippen LogP contribution is 2.26. The molecule has 0 radical (unpaired) electrons. The summed E-state index contributed by atoms with van der Waals surface area (Å²) in [5, 5.41) is 2.96. The summed E-state index contributed by atoms with van der Waals surface area (Å²) in [5.74, 6) is -0.0154. The smallest absolute Gasteiger partial charge is 0.240 e. The van der Waals surface area contributed by atoms with E-state index in [2.05, 4.69) is 10.3 Å². The molecule has 1 aromatic heterocycles. The molecule has 0 atom stereocenters. The fourth-order valence-electron chi connectivity index (χ4n) is 2.46. The van der Waals surface area contributed by atoms with Crippen LogP contribution in [0.25, 0.3) is 0 Å². The van der Waals surface area contributed by atoms with E-state index in [4.69, 9.17) is 5.73 Å². The Kier molecular flexibility index (Phi) is 5.76. The number of hydrogen-bond acceptors (Lipinski definition) is 3. The second kappa shape index (κ2) is 6.87. The normalized spacial score (nSPS) is 17.4. The standard InChI is InChI=1S/C14H21N3O.ClH/c1-11-9-16-8-5-12(11)10-17-13(18)14(15)6-3-2-4-7-14;/h5,8-9H,2-4,6-7,10,15H2,1H3,(H,17,18);1H. The number of carbonyl (C=O) groups is 1. The minimum Gasteiger partial charge on any atom is -0.350 e. The predicted molar refractivity (Wildman–Crippen MR) is 78.1 cm³/mol. The van der Waals surface area contributed by atoms with Crippen molar-refractivity contribution in [3.05, 3.63) is 29.6 Å². The van der Waals surface area contributed by atoms with Gasteiger partial charge in [0, 0.05) is 18.9 Å². The van der Waals surface area contributed by atoms with Gasteiger partial charge < -0.3 is 11.1 Å². The molecule has 5 heteroatoms. The van der Waals surface area contributed by atoms with Crippen LogP contribution in [0.15, 0.2) is 18.5 Å². The van der Waals surface area contributed by atoms with Gasteiger partial charge in [-0.2, -0.15) is 0 Å². The number of nitrogens with one attached hydrogen (secondary N) is 1. The Morgan fingerprint density at radius 1 is 1.42 bits per heavy atom. The summed E-state index contributed by atoms with van der Waals surface area (Å²) in [6.45, 7) is 2.53. The van der Waals surface area contributed by atoms with E-state index in [0.29, 0.717) is 6.54 Å². The van der Waals surface area contributed by atoms with Crippen molar-refractivity contribution in [2.24, 2.45) is 5.73 Å². The molecule has 1 fully saturated rings. The third-order valence-electron chi connectivity index (χ3n) is 3.77. The van der Waals surface area contributed by atoms with Crippen LogP contribution in [0.4, 0.5) is 0 Å². The number of amides is 1. The fourth-order valence-corrected chi connectivity index (χ4v) is 2.46. The Bertz CT molecular complexity index is 430. The lowest BCUT2D eigenvalue weighted by molar-refractivity contribution is -0.127. The summed E-state index contributed by atoms with van der Waals surface area (Å²) >= 11 is 0. The zero-order valence-electron chi connectivity index (χ0n) is 11.3. The second-order valence-electron chi connectivity index (χ2n) is 5.20. The van der Waals surface area contributed by atoms with Crippen LogP contribution in [-0.2, 0) is 11.3 Å². The van der Waals surface area contributed by atoms with Gasteiger partial charge in [-0.05, 0) is 37.0 Å². The first-order valence-electron chi connectivity index (χ1n) is 6.58. The van der Waals surface area contributed by atoms with Gasteiger partial charge in [-0.25, -0.2) is 0 Å². The molecule has 0 unspecified atom stereocenters. The summed E-state index contributed by atoms with van der Waals surface area (Å²) in [6, 6.07) is 1.93. The highest BCUT2D eigenvalue weighted by Gasteiger charge is 2.34. The van der Waals surface area contributed by atoms with Gasteiger partial charge in [0.25, 0.3) is 0 Å². The highest BCUT2D eigenvalue weighted by molar-refractivity contribution is 5.86. The molecule has 4 nitrogen and oxygen atoms in total. The third kappa shape index (κ3) is 3.91. The number of aryl methyl sites for hydroxylation is 1. The van der Waals surface area contributed by atoms with Crippen LogP contribution in [0.1, 0.15) is 43.2 Å². The molecule has 0 aromatic carbocycles. The zero-order chi connectivity index (χ0) is 13.0. The van der Waals surface area contributed by atoms with Crippen molar-refractivity contribution in [2.75, 3.05) is 0 Å². The van der Waals surface area contributed by atoms with Crippen LogP contribution < -0.4 is 11.1 Å². The van der Waals surface area contributed by atoms with Crippen molar-refractivity contribution < 1.29 is 4.79 Å². The molecule has 0 spiro atoms. The number of carbonyl (C=O) groups excluding carboxylic acids is 1. The maximum Gasteiger partial charge on any atom is 0.240 e. The summed E-state index contributed by atoms with van der Waals surface area (Å²) in [6.07, 6.45) is 8.45. The number of pyridine rings is 1. The van der Waals surface area contributed by atoms with Gasteiger partial charge in [-0.1, -0.05) is 19.3 Å². The molecule has 1 aliphatic rings. The Morgan fingerprint density at radius 2 is 2.11 bits per heavy atom. The van der Waals surface area contributed by atoms with E-state index in [1.165, 1.54) is 6.42 Å². The van der Waals surface area contributed by atoms with Crippen molar-refractivity contribution in [2.45, 2.75) is 51.1 Å². The van der Waals surface area contributed by atoms with Gasteiger partial charge in [0.15, 0.2) is 0 Å². The maximum absolute atomic E-state index is 12.2. The van der Waals surface area contributed by atoms with E-state index in [-0.39, 0.29) is 18.3 Å². The van der Waals surface area contributed by atoms with Crippen molar-refractivity contribution in [1.82, 2.24) is 10.3 Å². The van der Waals surface area contributed by atoms with Crippen molar-refractivity contribution in [1.29, 1.82) is 0 Å². The molecule has 3 N–H and O–H groups in total. The Labute approximate surface area is 120 Å². The third-order valence-corrected chi connectivity index (χ3v) is 3.77. The van der Waals surface area contributed by atoms with Gasteiger partial charge in [0.1, 0.15) is 0 Å². The molecule has 1 aliphatic carbocycles. The van der Waals surface area contributed by atoms with Crippen LogP contribution in [-0.4, -0.2) is 16.4 Å². The number of aromatic nitrogens is 1. The van der Waals surface area contributed by atoms with Crippen molar-refractivity contribution >= 4 is 18.3 Å². The molecule has 1 aromatic rings. The number of nitrogens with two attached hydrogens (primary N) is 1. The Morgan fingerprint density at radius 3 is 2.74 bits per heavy atom. The van der Waals surface area contributed by atoms with E-state index in [9.17, 15) is 4.79 Å². The maximum atomic E-state index is 12.2. The number of rotatable bonds is 3. The molecule has 0 aliphatic heterocycles. The first-order valence-corrected chi connectivity index (χ1v) is 6.58. The Hall–Kier alpha value is -1.13. The SMILES string of the molecule is Cc1cnccc1CNC(=O)C1(N)CCCCC1.Cl. The first kappa shape index (κ1) is 15.9. The summed E-state index contributed by atoms with van der Waals surface area (Å²) in [4.78, 5) is 16.2. The molecular weight excluding hydrogens is 262 g/mol. The minimum absolute atomic E-state index is 0. The quantitative estimate of drug-likeness (QED) is 0.892.